The second-order valence-corrected chi connectivity index (χ2v) is 3.28. The highest BCUT2D eigenvalue weighted by molar-refractivity contribution is 5.83. The average Bonchev–Trinajstić information content (AvgIpc) is 2.57. The van der Waals surface area contributed by atoms with Crippen LogP contribution in [0.3, 0.4) is 0 Å². The van der Waals surface area contributed by atoms with Crippen molar-refractivity contribution in [1.29, 1.82) is 0 Å². The molecule has 1 nitrogen and oxygen atoms in total. The molecule has 1 heterocycles. The third-order valence-electron chi connectivity index (χ3n) is 2.30. The van der Waals surface area contributed by atoms with E-state index in [4.69, 9.17) is 0 Å². The van der Waals surface area contributed by atoms with E-state index in [2.05, 4.69) is 11.1 Å². The van der Waals surface area contributed by atoms with E-state index in [1.54, 1.807) is 12.1 Å². The monoisotopic (exact) mass is 189 g/mol. The minimum Gasteiger partial charge on any atom is -0.361 e. The molecule has 1 N–H and O–H groups in total. The molecule has 1 aromatic carbocycles. The van der Waals surface area contributed by atoms with Crippen LogP contribution in [0, 0.1) is 5.82 Å². The number of hydrogen-bond acceptors (Lipinski definition) is 0. The standard InChI is InChI=1S/C12H12FN/c1-2-3-4-9-8-14-12-6-5-10(13)7-11(9)12/h2-3,5-8,14H,4H2,1H3/b3-2+. The van der Waals surface area contributed by atoms with Gasteiger partial charge in [0.05, 0.1) is 0 Å². The lowest BCUT2D eigenvalue weighted by Gasteiger charge is -1.94. The topological polar surface area (TPSA) is 15.8 Å². The van der Waals surface area contributed by atoms with Crippen molar-refractivity contribution >= 4 is 10.9 Å². The Bertz CT molecular complexity index is 468. The lowest BCUT2D eigenvalue weighted by atomic mass is 10.1. The minimum atomic E-state index is -0.182. The Kier molecular flexibility index (Phi) is 2.35. The van der Waals surface area contributed by atoms with Gasteiger partial charge in [-0.15, -0.1) is 0 Å². The molecule has 0 atom stereocenters. The van der Waals surface area contributed by atoms with Crippen LogP contribution in [0.5, 0.6) is 0 Å². The van der Waals surface area contributed by atoms with Crippen molar-refractivity contribution in [2.24, 2.45) is 0 Å². The van der Waals surface area contributed by atoms with Gasteiger partial charge in [-0.05, 0) is 37.1 Å². The van der Waals surface area contributed by atoms with Gasteiger partial charge in [0, 0.05) is 17.1 Å². The molecular formula is C12H12FN. The molecule has 0 aliphatic rings. The molecule has 0 aliphatic heterocycles. The number of benzene rings is 1. The largest absolute Gasteiger partial charge is 0.361 e. The van der Waals surface area contributed by atoms with Crippen molar-refractivity contribution in [3.05, 3.63) is 47.9 Å². The fourth-order valence-electron chi connectivity index (χ4n) is 1.56. The summed E-state index contributed by atoms with van der Waals surface area (Å²) in [6.07, 6.45) is 6.84. The Morgan fingerprint density at radius 2 is 2.29 bits per heavy atom. The van der Waals surface area contributed by atoms with Crippen LogP contribution in [0.4, 0.5) is 4.39 Å². The molecule has 0 saturated heterocycles. The lowest BCUT2D eigenvalue weighted by molar-refractivity contribution is 0.629. The summed E-state index contributed by atoms with van der Waals surface area (Å²) >= 11 is 0. The molecule has 0 radical (unpaired) electrons. The third-order valence-corrected chi connectivity index (χ3v) is 2.30. The predicted molar refractivity (Wildman–Crippen MR) is 56.8 cm³/mol. The number of aromatic amines is 1. The molecule has 0 saturated carbocycles. The van der Waals surface area contributed by atoms with E-state index in [1.807, 2.05) is 19.2 Å². The van der Waals surface area contributed by atoms with Gasteiger partial charge in [-0.25, -0.2) is 4.39 Å². The summed E-state index contributed by atoms with van der Waals surface area (Å²) in [7, 11) is 0. The first-order valence-electron chi connectivity index (χ1n) is 4.68. The Morgan fingerprint density at radius 3 is 3.07 bits per heavy atom. The molecule has 0 aliphatic carbocycles. The van der Waals surface area contributed by atoms with Crippen LogP contribution in [0.2, 0.25) is 0 Å². The highest BCUT2D eigenvalue weighted by Gasteiger charge is 2.02. The van der Waals surface area contributed by atoms with Gasteiger partial charge >= 0.3 is 0 Å². The van der Waals surface area contributed by atoms with Crippen LogP contribution in [0.25, 0.3) is 10.9 Å². The molecule has 0 bridgehead atoms. The summed E-state index contributed by atoms with van der Waals surface area (Å²) in [5.74, 6) is -0.182. The van der Waals surface area contributed by atoms with Gasteiger partial charge in [-0.2, -0.15) is 0 Å². The van der Waals surface area contributed by atoms with Crippen LogP contribution >= 0.6 is 0 Å². The number of hydrogen-bond donors (Lipinski definition) is 1. The maximum Gasteiger partial charge on any atom is 0.123 e. The summed E-state index contributed by atoms with van der Waals surface area (Å²) in [4.78, 5) is 3.12. The van der Waals surface area contributed by atoms with Crippen LogP contribution in [-0.2, 0) is 6.42 Å². The van der Waals surface area contributed by atoms with Crippen molar-refractivity contribution in [3.8, 4) is 0 Å². The number of fused-ring (bicyclic) bond motifs is 1. The predicted octanol–water partition coefficient (Wildman–Crippen LogP) is 3.43. The number of nitrogens with one attached hydrogen (secondary N) is 1. The number of allylic oxidation sites excluding steroid dienone is 2. The molecule has 0 fully saturated rings. The molecule has 0 unspecified atom stereocenters. The molecule has 2 heteroatoms. The smallest absolute Gasteiger partial charge is 0.123 e. The second-order valence-electron chi connectivity index (χ2n) is 3.28. The summed E-state index contributed by atoms with van der Waals surface area (Å²) < 4.78 is 13.0. The number of rotatable bonds is 2. The molecule has 2 aromatic rings. The first kappa shape index (κ1) is 9.00. The van der Waals surface area contributed by atoms with Gasteiger partial charge in [-0.3, -0.25) is 0 Å². The fraction of sp³-hybridized carbons (Fsp3) is 0.167. The summed E-state index contributed by atoms with van der Waals surface area (Å²) in [6, 6.07) is 4.81. The Labute approximate surface area is 82.3 Å². The Balaban J connectivity index is 2.49. The average molecular weight is 189 g/mol. The molecule has 14 heavy (non-hydrogen) atoms. The number of H-pyrrole nitrogens is 1. The van der Waals surface area contributed by atoms with Crippen LogP contribution in [0.1, 0.15) is 12.5 Å². The summed E-state index contributed by atoms with van der Waals surface area (Å²) in [5.41, 5.74) is 2.13. The van der Waals surface area contributed by atoms with E-state index < -0.39 is 0 Å². The van der Waals surface area contributed by atoms with Gasteiger partial charge in [0.25, 0.3) is 0 Å². The van der Waals surface area contributed by atoms with Gasteiger partial charge in [0.1, 0.15) is 5.82 Å². The summed E-state index contributed by atoms with van der Waals surface area (Å²) in [6.45, 7) is 1.98. The van der Waals surface area contributed by atoms with Crippen molar-refractivity contribution in [1.82, 2.24) is 4.98 Å². The molecular weight excluding hydrogens is 177 g/mol. The maximum atomic E-state index is 13.0. The van der Waals surface area contributed by atoms with Gasteiger partial charge < -0.3 is 4.98 Å². The fourth-order valence-corrected chi connectivity index (χ4v) is 1.56. The van der Waals surface area contributed by atoms with Crippen molar-refractivity contribution < 1.29 is 4.39 Å². The van der Waals surface area contributed by atoms with Crippen LogP contribution in [-0.4, -0.2) is 4.98 Å². The normalized spacial score (nSPS) is 11.6. The second kappa shape index (κ2) is 3.66. The van der Waals surface area contributed by atoms with Crippen molar-refractivity contribution in [2.75, 3.05) is 0 Å². The zero-order valence-corrected chi connectivity index (χ0v) is 8.05. The van der Waals surface area contributed by atoms with Gasteiger partial charge in [0.2, 0.25) is 0 Å². The van der Waals surface area contributed by atoms with E-state index >= 15 is 0 Å². The molecule has 1 aromatic heterocycles. The quantitative estimate of drug-likeness (QED) is 0.697. The zero-order chi connectivity index (χ0) is 9.97. The molecule has 2 rings (SSSR count). The first-order chi connectivity index (χ1) is 6.81. The van der Waals surface area contributed by atoms with Crippen LogP contribution < -0.4 is 0 Å². The highest BCUT2D eigenvalue weighted by atomic mass is 19.1. The summed E-state index contributed by atoms with van der Waals surface area (Å²) in [5, 5.41) is 0.975. The first-order valence-corrected chi connectivity index (χ1v) is 4.68. The van der Waals surface area contributed by atoms with Gasteiger partial charge in [0.15, 0.2) is 0 Å². The van der Waals surface area contributed by atoms with Gasteiger partial charge in [-0.1, -0.05) is 12.2 Å². The van der Waals surface area contributed by atoms with E-state index in [0.717, 1.165) is 22.9 Å². The van der Waals surface area contributed by atoms with E-state index in [0.29, 0.717) is 0 Å². The minimum absolute atomic E-state index is 0.182. The van der Waals surface area contributed by atoms with E-state index in [9.17, 15) is 4.39 Å². The SMILES string of the molecule is C/C=C/Cc1c[nH]c2ccc(F)cc12. The number of aromatic nitrogens is 1. The van der Waals surface area contributed by atoms with E-state index in [-0.39, 0.29) is 5.82 Å². The maximum absolute atomic E-state index is 13.0. The lowest BCUT2D eigenvalue weighted by Crippen LogP contribution is -1.78. The Morgan fingerprint density at radius 1 is 1.43 bits per heavy atom. The number of halogens is 1. The van der Waals surface area contributed by atoms with E-state index in [1.165, 1.54) is 6.07 Å². The van der Waals surface area contributed by atoms with Crippen LogP contribution in [0.15, 0.2) is 36.5 Å². The van der Waals surface area contributed by atoms with Crippen molar-refractivity contribution in [2.45, 2.75) is 13.3 Å². The van der Waals surface area contributed by atoms with Crippen molar-refractivity contribution in [3.63, 3.8) is 0 Å². The molecule has 72 valence electrons. The zero-order valence-electron chi connectivity index (χ0n) is 8.05. The molecule has 0 spiro atoms. The Hall–Kier alpha value is -1.57. The molecule has 0 amide bonds. The third kappa shape index (κ3) is 1.55. The highest BCUT2D eigenvalue weighted by Crippen LogP contribution is 2.19.